The number of anilines is 1. The molecule has 1 amide bonds. The minimum Gasteiger partial charge on any atom is -0.432 e. The lowest BCUT2D eigenvalue weighted by Crippen LogP contribution is -2.12. The van der Waals surface area contributed by atoms with E-state index in [2.05, 4.69) is 26.0 Å². The van der Waals surface area contributed by atoms with E-state index in [1.54, 1.807) is 0 Å². The van der Waals surface area contributed by atoms with E-state index in [-0.39, 0.29) is 18.0 Å². The summed E-state index contributed by atoms with van der Waals surface area (Å²) in [5.41, 5.74) is 0.190. The Morgan fingerprint density at radius 2 is 2.18 bits per heavy atom. The van der Waals surface area contributed by atoms with Gasteiger partial charge in [-0.05, 0) is 12.1 Å². The van der Waals surface area contributed by atoms with Gasteiger partial charge < -0.3 is 10.1 Å². The molecule has 0 aliphatic carbocycles. The second kappa shape index (κ2) is 6.48. The van der Waals surface area contributed by atoms with Gasteiger partial charge in [0.2, 0.25) is 5.91 Å². The third-order valence-corrected chi connectivity index (χ3v) is 2.15. The van der Waals surface area contributed by atoms with Gasteiger partial charge in [-0.15, -0.1) is 0 Å². The predicted octanol–water partition coefficient (Wildman–Crippen LogP) is 3.15. The fourth-order valence-electron chi connectivity index (χ4n) is 1.08. The first kappa shape index (κ1) is 13.8. The van der Waals surface area contributed by atoms with E-state index in [0.29, 0.717) is 5.33 Å². The van der Waals surface area contributed by atoms with E-state index in [1.165, 1.54) is 6.07 Å². The summed E-state index contributed by atoms with van der Waals surface area (Å²) in [4.78, 5) is 11.2. The molecule has 7 heteroatoms. The molecule has 0 saturated heterocycles. The van der Waals surface area contributed by atoms with Crippen LogP contribution in [0.2, 0.25) is 0 Å². The summed E-state index contributed by atoms with van der Waals surface area (Å²) < 4.78 is 40.8. The Morgan fingerprint density at radius 3 is 2.71 bits per heavy atom. The van der Waals surface area contributed by atoms with Crippen molar-refractivity contribution in [2.75, 3.05) is 10.6 Å². The van der Waals surface area contributed by atoms with Crippen LogP contribution in [0.3, 0.4) is 0 Å². The van der Waals surface area contributed by atoms with Crippen LogP contribution >= 0.6 is 15.9 Å². The molecule has 0 atom stereocenters. The summed E-state index contributed by atoms with van der Waals surface area (Å²) in [5, 5.41) is 2.89. The summed E-state index contributed by atoms with van der Waals surface area (Å²) in [6.45, 7) is -3.08. The van der Waals surface area contributed by atoms with Crippen LogP contribution in [-0.4, -0.2) is 17.8 Å². The van der Waals surface area contributed by atoms with Gasteiger partial charge in [0.15, 0.2) is 11.6 Å². The van der Waals surface area contributed by atoms with Crippen LogP contribution in [0.15, 0.2) is 18.2 Å². The van der Waals surface area contributed by atoms with E-state index in [9.17, 15) is 18.0 Å². The standard InChI is InChI=1S/C10H9BrF3NO2/c11-4-3-9(16)15-6-1-2-8(7(12)5-6)17-10(13)14/h1-2,5,10H,3-4H2,(H,15,16). The minimum absolute atomic E-state index is 0.190. The molecular weight excluding hydrogens is 303 g/mol. The average molecular weight is 312 g/mol. The van der Waals surface area contributed by atoms with Gasteiger partial charge >= 0.3 is 6.61 Å². The zero-order valence-corrected chi connectivity index (χ0v) is 10.1. The highest BCUT2D eigenvalue weighted by atomic mass is 79.9. The quantitative estimate of drug-likeness (QED) is 0.848. The van der Waals surface area contributed by atoms with Crippen molar-refractivity contribution < 1.29 is 22.7 Å². The van der Waals surface area contributed by atoms with Crippen LogP contribution in [-0.2, 0) is 4.79 Å². The van der Waals surface area contributed by atoms with Crippen LogP contribution in [0, 0.1) is 5.82 Å². The van der Waals surface area contributed by atoms with Gasteiger partial charge in [-0.2, -0.15) is 8.78 Å². The molecule has 94 valence electrons. The predicted molar refractivity (Wildman–Crippen MR) is 60.1 cm³/mol. The smallest absolute Gasteiger partial charge is 0.387 e. The van der Waals surface area contributed by atoms with Crippen molar-refractivity contribution in [3.05, 3.63) is 24.0 Å². The Bertz CT molecular complexity index is 401. The summed E-state index contributed by atoms with van der Waals surface area (Å²) >= 11 is 3.08. The molecule has 0 bridgehead atoms. The third-order valence-electron chi connectivity index (χ3n) is 1.75. The molecule has 1 aromatic carbocycles. The zero-order valence-electron chi connectivity index (χ0n) is 8.55. The number of amides is 1. The number of hydrogen-bond donors (Lipinski definition) is 1. The minimum atomic E-state index is -3.08. The van der Waals surface area contributed by atoms with Gasteiger partial charge in [0.05, 0.1) is 0 Å². The fourth-order valence-corrected chi connectivity index (χ4v) is 1.44. The first-order valence-electron chi connectivity index (χ1n) is 4.63. The van der Waals surface area contributed by atoms with Crippen molar-refractivity contribution in [3.63, 3.8) is 0 Å². The van der Waals surface area contributed by atoms with Crippen LogP contribution in [0.1, 0.15) is 6.42 Å². The Hall–Kier alpha value is -1.24. The number of ether oxygens (including phenoxy) is 1. The van der Waals surface area contributed by atoms with E-state index >= 15 is 0 Å². The van der Waals surface area contributed by atoms with Crippen LogP contribution in [0.5, 0.6) is 5.75 Å². The monoisotopic (exact) mass is 311 g/mol. The maximum atomic E-state index is 13.2. The number of alkyl halides is 3. The fraction of sp³-hybridized carbons (Fsp3) is 0.300. The van der Waals surface area contributed by atoms with Crippen molar-refractivity contribution in [2.24, 2.45) is 0 Å². The Morgan fingerprint density at radius 1 is 1.47 bits per heavy atom. The molecule has 0 unspecified atom stereocenters. The topological polar surface area (TPSA) is 38.3 Å². The maximum Gasteiger partial charge on any atom is 0.387 e. The van der Waals surface area contributed by atoms with Crippen molar-refractivity contribution in [3.8, 4) is 5.75 Å². The first-order valence-corrected chi connectivity index (χ1v) is 5.75. The van der Waals surface area contributed by atoms with Gasteiger partial charge in [0.1, 0.15) is 0 Å². The molecule has 0 fully saturated rings. The lowest BCUT2D eigenvalue weighted by atomic mass is 10.3. The summed E-state index contributed by atoms with van der Waals surface area (Å²) in [5.74, 6) is -1.82. The molecule has 3 nitrogen and oxygen atoms in total. The number of halogens is 4. The molecule has 1 aromatic rings. The largest absolute Gasteiger partial charge is 0.432 e. The molecule has 0 spiro atoms. The molecule has 0 heterocycles. The second-order valence-electron chi connectivity index (χ2n) is 3.01. The molecule has 0 saturated carbocycles. The summed E-state index contributed by atoms with van der Waals surface area (Å²) in [7, 11) is 0. The summed E-state index contributed by atoms with van der Waals surface area (Å²) in [6, 6.07) is 3.24. The van der Waals surface area contributed by atoms with Crippen molar-refractivity contribution >= 4 is 27.5 Å². The van der Waals surface area contributed by atoms with Crippen LogP contribution in [0.4, 0.5) is 18.9 Å². The highest BCUT2D eigenvalue weighted by molar-refractivity contribution is 9.09. The number of rotatable bonds is 5. The Kier molecular flexibility index (Phi) is 5.27. The number of nitrogens with one attached hydrogen (secondary N) is 1. The maximum absolute atomic E-state index is 13.2. The van der Waals surface area contributed by atoms with Gasteiger partial charge in [0.25, 0.3) is 0 Å². The molecule has 1 rings (SSSR count). The molecule has 17 heavy (non-hydrogen) atoms. The van der Waals surface area contributed by atoms with Crippen molar-refractivity contribution in [1.82, 2.24) is 0 Å². The van der Waals surface area contributed by atoms with Crippen LogP contribution in [0.25, 0.3) is 0 Å². The van der Waals surface area contributed by atoms with E-state index in [0.717, 1.165) is 12.1 Å². The lowest BCUT2D eigenvalue weighted by Gasteiger charge is -2.08. The Balaban J connectivity index is 2.71. The molecule has 0 aromatic heterocycles. The second-order valence-corrected chi connectivity index (χ2v) is 3.80. The lowest BCUT2D eigenvalue weighted by molar-refractivity contribution is -0.115. The SMILES string of the molecule is O=C(CCBr)Nc1ccc(OC(F)F)c(F)c1. The highest BCUT2D eigenvalue weighted by Crippen LogP contribution is 2.22. The van der Waals surface area contributed by atoms with Crippen LogP contribution < -0.4 is 10.1 Å². The van der Waals surface area contributed by atoms with E-state index in [4.69, 9.17) is 0 Å². The molecular formula is C10H9BrF3NO2. The summed E-state index contributed by atoms with van der Waals surface area (Å²) in [6.07, 6.45) is 0.233. The van der Waals surface area contributed by atoms with Crippen molar-refractivity contribution in [1.29, 1.82) is 0 Å². The number of carbonyl (C=O) groups is 1. The van der Waals surface area contributed by atoms with E-state index < -0.39 is 18.2 Å². The average Bonchev–Trinajstić information content (AvgIpc) is 2.22. The number of benzene rings is 1. The normalized spacial score (nSPS) is 10.4. The van der Waals surface area contributed by atoms with Gasteiger partial charge in [0, 0.05) is 23.5 Å². The number of carbonyl (C=O) groups excluding carboxylic acids is 1. The molecule has 0 radical (unpaired) electrons. The number of hydrogen-bond acceptors (Lipinski definition) is 2. The van der Waals surface area contributed by atoms with Gasteiger partial charge in [-0.1, -0.05) is 15.9 Å². The molecule has 0 aliphatic rings. The van der Waals surface area contributed by atoms with E-state index in [1.807, 2.05) is 0 Å². The zero-order chi connectivity index (χ0) is 12.8. The Labute approximate surface area is 104 Å². The van der Waals surface area contributed by atoms with Crippen molar-refractivity contribution in [2.45, 2.75) is 13.0 Å². The molecule has 0 aliphatic heterocycles. The third kappa shape index (κ3) is 4.64. The van der Waals surface area contributed by atoms with Gasteiger partial charge in [-0.3, -0.25) is 4.79 Å². The first-order chi connectivity index (χ1) is 8.02. The van der Waals surface area contributed by atoms with Gasteiger partial charge in [-0.25, -0.2) is 4.39 Å². The highest BCUT2D eigenvalue weighted by Gasteiger charge is 2.11. The molecule has 1 N–H and O–H groups in total.